The molecule has 3 heterocycles. The quantitative estimate of drug-likeness (QED) is 0.579. The van der Waals surface area contributed by atoms with Gasteiger partial charge >= 0.3 is 5.97 Å². The first-order chi connectivity index (χ1) is 15.0. The lowest BCUT2D eigenvalue weighted by Crippen LogP contribution is -2.46. The number of nitrogens with zero attached hydrogens (tertiary/aromatic N) is 4. The van der Waals surface area contributed by atoms with E-state index in [4.69, 9.17) is 26.4 Å². The number of fused-ring (bicyclic) bond motifs is 1. The summed E-state index contributed by atoms with van der Waals surface area (Å²) in [5, 5.41) is 19.1. The second-order valence-electron chi connectivity index (χ2n) is 7.55. The van der Waals surface area contributed by atoms with E-state index in [0.29, 0.717) is 22.9 Å². The number of carboxylic acids is 1. The van der Waals surface area contributed by atoms with E-state index in [1.165, 1.54) is 0 Å². The van der Waals surface area contributed by atoms with Crippen LogP contribution in [-0.2, 0) is 11.4 Å². The molecular formula is C22H25ClN4O4. The molecule has 0 saturated carbocycles. The Morgan fingerprint density at radius 3 is 2.68 bits per heavy atom. The average molecular weight is 445 g/mol. The predicted molar refractivity (Wildman–Crippen MR) is 119 cm³/mol. The SMILES string of the molecule is COc1cc(CO)c(-c2cn3ccc(N4CCN(CCC(=O)O)CC4)cc3n2)cc1Cl. The predicted octanol–water partition coefficient (Wildman–Crippen LogP) is 2.75. The Kier molecular flexibility index (Phi) is 6.31. The van der Waals surface area contributed by atoms with Crippen LogP contribution in [0.1, 0.15) is 12.0 Å². The Morgan fingerprint density at radius 2 is 2.00 bits per heavy atom. The first-order valence-electron chi connectivity index (χ1n) is 10.1. The molecule has 0 unspecified atom stereocenters. The summed E-state index contributed by atoms with van der Waals surface area (Å²) in [6.07, 6.45) is 4.07. The van der Waals surface area contributed by atoms with Gasteiger partial charge in [-0.3, -0.25) is 9.69 Å². The van der Waals surface area contributed by atoms with Gasteiger partial charge in [-0.15, -0.1) is 0 Å². The molecule has 2 N–H and O–H groups in total. The lowest BCUT2D eigenvalue weighted by atomic mass is 10.1. The van der Waals surface area contributed by atoms with Crippen LogP contribution in [0.2, 0.25) is 5.02 Å². The van der Waals surface area contributed by atoms with Crippen molar-refractivity contribution in [2.45, 2.75) is 13.0 Å². The summed E-state index contributed by atoms with van der Waals surface area (Å²) in [6, 6.07) is 7.60. The van der Waals surface area contributed by atoms with Crippen LogP contribution in [0.25, 0.3) is 16.9 Å². The van der Waals surface area contributed by atoms with E-state index in [9.17, 15) is 9.90 Å². The number of rotatable bonds is 7. The number of pyridine rings is 1. The van der Waals surface area contributed by atoms with Crippen molar-refractivity contribution in [2.75, 3.05) is 44.7 Å². The van der Waals surface area contributed by atoms with Gasteiger partial charge in [0.25, 0.3) is 0 Å². The van der Waals surface area contributed by atoms with Crippen LogP contribution in [-0.4, -0.2) is 70.3 Å². The lowest BCUT2D eigenvalue weighted by Gasteiger charge is -2.35. The number of aliphatic carboxylic acids is 1. The molecule has 1 aliphatic heterocycles. The average Bonchev–Trinajstić information content (AvgIpc) is 3.21. The minimum atomic E-state index is -0.759. The van der Waals surface area contributed by atoms with Crippen molar-refractivity contribution in [1.82, 2.24) is 14.3 Å². The van der Waals surface area contributed by atoms with E-state index in [2.05, 4.69) is 15.9 Å². The number of anilines is 1. The molecule has 1 aliphatic rings. The molecule has 0 bridgehead atoms. The second kappa shape index (κ2) is 9.13. The standard InChI is InChI=1S/C22H25ClN4O4/c1-31-20-10-15(14-28)17(12-18(20)23)19-13-27-5-2-16(11-21(27)24-19)26-8-6-25(7-9-26)4-3-22(29)30/h2,5,10-13,28H,3-4,6-9,14H2,1H3,(H,29,30). The number of aliphatic hydroxyl groups excluding tert-OH is 1. The molecular weight excluding hydrogens is 420 g/mol. The van der Waals surface area contributed by atoms with Gasteiger partial charge < -0.3 is 24.3 Å². The highest BCUT2D eigenvalue weighted by Crippen LogP contribution is 2.34. The number of aromatic nitrogens is 2. The van der Waals surface area contributed by atoms with Crippen molar-refractivity contribution in [3.63, 3.8) is 0 Å². The van der Waals surface area contributed by atoms with Crippen molar-refractivity contribution in [3.05, 3.63) is 47.2 Å². The zero-order valence-corrected chi connectivity index (χ0v) is 18.0. The molecule has 0 aliphatic carbocycles. The van der Waals surface area contributed by atoms with Crippen LogP contribution >= 0.6 is 11.6 Å². The van der Waals surface area contributed by atoms with Gasteiger partial charge in [0.15, 0.2) is 0 Å². The molecule has 1 aromatic carbocycles. The van der Waals surface area contributed by atoms with Crippen molar-refractivity contribution < 1.29 is 19.7 Å². The number of methoxy groups -OCH3 is 1. The van der Waals surface area contributed by atoms with Crippen LogP contribution in [0.3, 0.4) is 0 Å². The smallest absolute Gasteiger partial charge is 0.304 e. The number of carbonyl (C=O) groups is 1. The highest BCUT2D eigenvalue weighted by molar-refractivity contribution is 6.32. The van der Waals surface area contributed by atoms with Gasteiger partial charge in [0.2, 0.25) is 0 Å². The molecule has 0 atom stereocenters. The number of imidazole rings is 1. The fourth-order valence-corrected chi connectivity index (χ4v) is 4.14. The van der Waals surface area contributed by atoms with Gasteiger partial charge in [0.05, 0.1) is 30.9 Å². The zero-order valence-electron chi connectivity index (χ0n) is 17.3. The van der Waals surface area contributed by atoms with Gasteiger partial charge in [-0.2, -0.15) is 0 Å². The fourth-order valence-electron chi connectivity index (χ4n) is 3.90. The molecule has 164 valence electrons. The third-order valence-electron chi connectivity index (χ3n) is 5.65. The van der Waals surface area contributed by atoms with Crippen LogP contribution in [0.5, 0.6) is 5.75 Å². The zero-order chi connectivity index (χ0) is 22.0. The number of benzene rings is 1. The monoisotopic (exact) mass is 444 g/mol. The highest BCUT2D eigenvalue weighted by atomic mass is 35.5. The number of ether oxygens (including phenoxy) is 1. The summed E-state index contributed by atoms with van der Waals surface area (Å²) in [7, 11) is 1.54. The highest BCUT2D eigenvalue weighted by Gasteiger charge is 2.19. The fraction of sp³-hybridized carbons (Fsp3) is 0.364. The molecule has 2 aromatic heterocycles. The number of carboxylic acid groups (broad SMARTS) is 1. The normalized spacial score (nSPS) is 14.9. The third-order valence-corrected chi connectivity index (χ3v) is 5.94. The van der Waals surface area contributed by atoms with Crippen molar-refractivity contribution in [3.8, 4) is 17.0 Å². The summed E-state index contributed by atoms with van der Waals surface area (Å²) in [5.74, 6) is -0.242. The van der Waals surface area contributed by atoms with E-state index in [0.717, 1.165) is 48.8 Å². The maximum absolute atomic E-state index is 10.8. The summed E-state index contributed by atoms with van der Waals surface area (Å²) in [6.45, 7) is 3.79. The molecule has 4 rings (SSSR count). The van der Waals surface area contributed by atoms with E-state index < -0.39 is 5.97 Å². The molecule has 0 spiro atoms. The Bertz CT molecular complexity index is 1090. The first kappa shape index (κ1) is 21.4. The Labute approximate surface area is 185 Å². The van der Waals surface area contributed by atoms with Crippen LogP contribution < -0.4 is 9.64 Å². The van der Waals surface area contributed by atoms with Crippen molar-refractivity contribution in [2.24, 2.45) is 0 Å². The van der Waals surface area contributed by atoms with Crippen LogP contribution in [0.15, 0.2) is 36.7 Å². The molecule has 9 heteroatoms. The summed E-state index contributed by atoms with van der Waals surface area (Å²) >= 11 is 6.30. The topological polar surface area (TPSA) is 90.5 Å². The minimum absolute atomic E-state index is 0.145. The largest absolute Gasteiger partial charge is 0.495 e. The van der Waals surface area contributed by atoms with Crippen LogP contribution in [0.4, 0.5) is 5.69 Å². The third kappa shape index (κ3) is 4.61. The summed E-state index contributed by atoms with van der Waals surface area (Å²) in [4.78, 5) is 20.0. The van der Waals surface area contributed by atoms with E-state index in [1.807, 2.05) is 22.9 Å². The van der Waals surface area contributed by atoms with E-state index in [1.54, 1.807) is 19.2 Å². The molecule has 1 fully saturated rings. The molecule has 3 aromatic rings. The molecule has 0 radical (unpaired) electrons. The molecule has 8 nitrogen and oxygen atoms in total. The molecule has 31 heavy (non-hydrogen) atoms. The number of hydrogen-bond acceptors (Lipinski definition) is 6. The van der Waals surface area contributed by atoms with Crippen LogP contribution in [0, 0.1) is 0 Å². The Balaban J connectivity index is 1.55. The maximum atomic E-state index is 10.8. The second-order valence-corrected chi connectivity index (χ2v) is 7.96. The van der Waals surface area contributed by atoms with E-state index >= 15 is 0 Å². The van der Waals surface area contributed by atoms with E-state index in [-0.39, 0.29) is 13.0 Å². The first-order valence-corrected chi connectivity index (χ1v) is 10.5. The summed E-state index contributed by atoms with van der Waals surface area (Å²) in [5.41, 5.74) is 4.08. The van der Waals surface area contributed by atoms with Gasteiger partial charge in [0, 0.05) is 62.4 Å². The van der Waals surface area contributed by atoms with Gasteiger partial charge in [-0.25, -0.2) is 4.98 Å². The Morgan fingerprint density at radius 1 is 1.23 bits per heavy atom. The lowest BCUT2D eigenvalue weighted by molar-refractivity contribution is -0.137. The maximum Gasteiger partial charge on any atom is 0.304 e. The van der Waals surface area contributed by atoms with Gasteiger partial charge in [0.1, 0.15) is 11.4 Å². The summed E-state index contributed by atoms with van der Waals surface area (Å²) < 4.78 is 7.19. The van der Waals surface area contributed by atoms with Gasteiger partial charge in [-0.1, -0.05) is 11.6 Å². The van der Waals surface area contributed by atoms with Crippen molar-refractivity contribution in [1.29, 1.82) is 0 Å². The van der Waals surface area contributed by atoms with Crippen molar-refractivity contribution >= 4 is 28.9 Å². The van der Waals surface area contributed by atoms with Gasteiger partial charge in [-0.05, 0) is 23.8 Å². The number of halogens is 1. The molecule has 0 amide bonds. The Hall–Kier alpha value is -2.81. The minimum Gasteiger partial charge on any atom is -0.495 e. The molecule has 1 saturated heterocycles. The number of hydrogen-bond donors (Lipinski definition) is 2. The number of aliphatic hydroxyl groups is 1. The number of piperazine rings is 1.